The van der Waals surface area contributed by atoms with E-state index in [-0.39, 0.29) is 18.4 Å². The largest absolute Gasteiger partial charge is 0.480 e. The first kappa shape index (κ1) is 15.9. The van der Waals surface area contributed by atoms with Gasteiger partial charge in [0.1, 0.15) is 6.04 Å². The molecule has 5 heteroatoms. The lowest BCUT2D eigenvalue weighted by atomic mass is 9.81. The minimum absolute atomic E-state index is 0.152. The highest BCUT2D eigenvalue weighted by atomic mass is 16.4. The third-order valence-electron chi connectivity index (χ3n) is 3.45. The molecule has 0 aromatic heterocycles. The summed E-state index contributed by atoms with van der Waals surface area (Å²) >= 11 is 0. The fraction of sp³-hybridized carbons (Fsp3) is 0.833. The summed E-state index contributed by atoms with van der Waals surface area (Å²) in [6, 6.07) is -0.855. The smallest absolute Gasteiger partial charge is 0.326 e. The van der Waals surface area contributed by atoms with E-state index in [0.29, 0.717) is 12.8 Å². The zero-order chi connectivity index (χ0) is 13.6. The number of hydrogen-bond donors (Lipinski definition) is 3. The van der Waals surface area contributed by atoms with Gasteiger partial charge in [-0.1, -0.05) is 27.7 Å². The molecule has 0 spiro atoms. The topological polar surface area (TPSA) is 92.4 Å². The van der Waals surface area contributed by atoms with Crippen LogP contribution in [-0.4, -0.2) is 29.6 Å². The molecule has 0 fully saturated rings. The number of amides is 1. The van der Waals surface area contributed by atoms with Crippen molar-refractivity contribution in [3.63, 3.8) is 0 Å². The van der Waals surface area contributed by atoms with Crippen LogP contribution in [0.5, 0.6) is 0 Å². The Morgan fingerprint density at radius 2 is 1.76 bits per heavy atom. The van der Waals surface area contributed by atoms with Crippen molar-refractivity contribution in [2.45, 2.75) is 46.6 Å². The van der Waals surface area contributed by atoms with Crippen LogP contribution in [0, 0.1) is 11.3 Å². The molecule has 0 rings (SSSR count). The maximum absolute atomic E-state index is 12.1. The Labute approximate surface area is 103 Å². The summed E-state index contributed by atoms with van der Waals surface area (Å²) in [5, 5.41) is 11.6. The minimum atomic E-state index is -1.01. The van der Waals surface area contributed by atoms with Crippen molar-refractivity contribution >= 4 is 11.9 Å². The van der Waals surface area contributed by atoms with Crippen LogP contribution < -0.4 is 11.1 Å². The van der Waals surface area contributed by atoms with Crippen LogP contribution in [0.2, 0.25) is 0 Å². The molecule has 4 N–H and O–H groups in total. The third kappa shape index (κ3) is 3.70. The van der Waals surface area contributed by atoms with Crippen molar-refractivity contribution in [2.24, 2.45) is 17.1 Å². The maximum Gasteiger partial charge on any atom is 0.326 e. The maximum atomic E-state index is 12.1. The van der Waals surface area contributed by atoms with Gasteiger partial charge < -0.3 is 16.2 Å². The van der Waals surface area contributed by atoms with Gasteiger partial charge in [-0.15, -0.1) is 0 Å². The summed E-state index contributed by atoms with van der Waals surface area (Å²) in [7, 11) is 0. The predicted molar refractivity (Wildman–Crippen MR) is 66.5 cm³/mol. The van der Waals surface area contributed by atoms with Crippen LogP contribution in [0.15, 0.2) is 0 Å². The molecule has 0 aliphatic carbocycles. The quantitative estimate of drug-likeness (QED) is 0.622. The second kappa shape index (κ2) is 6.59. The number of carbonyl (C=O) groups excluding carboxylic acids is 1. The number of rotatable bonds is 7. The average molecular weight is 244 g/mol. The molecule has 17 heavy (non-hydrogen) atoms. The molecule has 0 radical (unpaired) electrons. The number of nitrogens with one attached hydrogen (secondary N) is 1. The van der Waals surface area contributed by atoms with Crippen LogP contribution in [0.4, 0.5) is 0 Å². The van der Waals surface area contributed by atoms with Gasteiger partial charge in [0.05, 0.1) is 5.41 Å². The van der Waals surface area contributed by atoms with Crippen LogP contribution in [0.1, 0.15) is 40.5 Å². The van der Waals surface area contributed by atoms with Crippen molar-refractivity contribution in [3.05, 3.63) is 0 Å². The highest BCUT2D eigenvalue weighted by Crippen LogP contribution is 2.25. The first-order valence-electron chi connectivity index (χ1n) is 6.08. The normalized spacial score (nSPS) is 13.5. The number of carbonyl (C=O) groups is 2. The van der Waals surface area contributed by atoms with Crippen LogP contribution in [-0.2, 0) is 9.59 Å². The van der Waals surface area contributed by atoms with E-state index in [2.05, 4.69) is 5.32 Å². The Kier molecular flexibility index (Phi) is 6.16. The molecule has 0 bridgehead atoms. The zero-order valence-corrected chi connectivity index (χ0v) is 11.1. The molecule has 0 aliphatic heterocycles. The van der Waals surface area contributed by atoms with Gasteiger partial charge in [-0.3, -0.25) is 4.79 Å². The lowest BCUT2D eigenvalue weighted by Gasteiger charge is -2.31. The molecular formula is C12H24N2O3. The van der Waals surface area contributed by atoms with Gasteiger partial charge in [0.2, 0.25) is 5.91 Å². The SMILES string of the molecule is CCC(CC)(CN)C(=O)N[C@H](C(=O)O)C(C)C. The predicted octanol–water partition coefficient (Wildman–Crippen LogP) is 0.977. The zero-order valence-electron chi connectivity index (χ0n) is 11.1. The summed E-state index contributed by atoms with van der Waals surface area (Å²) in [5.74, 6) is -1.42. The standard InChI is InChI=1S/C12H24N2O3/c1-5-12(6-2,7-13)11(17)14-9(8(3)4)10(15)16/h8-9H,5-7,13H2,1-4H3,(H,14,17)(H,15,16)/t9-/m0/s1. The highest BCUT2D eigenvalue weighted by molar-refractivity contribution is 5.87. The van der Waals surface area contributed by atoms with Gasteiger partial charge in [-0.2, -0.15) is 0 Å². The Morgan fingerprint density at radius 1 is 1.29 bits per heavy atom. The Hall–Kier alpha value is -1.10. The van der Waals surface area contributed by atoms with Gasteiger partial charge >= 0.3 is 5.97 Å². The van der Waals surface area contributed by atoms with E-state index in [0.717, 1.165) is 0 Å². The van der Waals surface area contributed by atoms with E-state index in [1.807, 2.05) is 13.8 Å². The summed E-state index contributed by atoms with van der Waals surface area (Å²) in [4.78, 5) is 23.1. The number of carboxylic acids is 1. The first-order valence-corrected chi connectivity index (χ1v) is 6.08. The summed E-state index contributed by atoms with van der Waals surface area (Å²) < 4.78 is 0. The Morgan fingerprint density at radius 3 is 2.00 bits per heavy atom. The van der Waals surface area contributed by atoms with Crippen LogP contribution in [0.25, 0.3) is 0 Å². The molecular weight excluding hydrogens is 220 g/mol. The van der Waals surface area contributed by atoms with E-state index < -0.39 is 17.4 Å². The average Bonchev–Trinajstić information content (AvgIpc) is 2.28. The van der Waals surface area contributed by atoms with Crippen molar-refractivity contribution in [1.29, 1.82) is 0 Å². The van der Waals surface area contributed by atoms with Gasteiger partial charge in [0, 0.05) is 6.54 Å². The molecule has 0 saturated heterocycles. The fourth-order valence-electron chi connectivity index (χ4n) is 1.76. The first-order chi connectivity index (χ1) is 7.84. The van der Waals surface area contributed by atoms with E-state index in [9.17, 15) is 9.59 Å². The third-order valence-corrected chi connectivity index (χ3v) is 3.45. The Balaban J connectivity index is 4.86. The van der Waals surface area contributed by atoms with Crippen molar-refractivity contribution in [2.75, 3.05) is 6.54 Å². The molecule has 5 nitrogen and oxygen atoms in total. The fourth-order valence-corrected chi connectivity index (χ4v) is 1.76. The molecule has 0 heterocycles. The molecule has 0 unspecified atom stereocenters. The number of aliphatic carboxylic acids is 1. The number of nitrogens with two attached hydrogens (primary N) is 1. The molecule has 0 aromatic rings. The summed E-state index contributed by atoms with van der Waals surface area (Å²) in [6.45, 7) is 7.54. The number of hydrogen-bond acceptors (Lipinski definition) is 3. The molecule has 100 valence electrons. The van der Waals surface area contributed by atoms with Gasteiger partial charge in [0.15, 0.2) is 0 Å². The molecule has 1 atom stereocenters. The van der Waals surface area contributed by atoms with Crippen molar-refractivity contribution < 1.29 is 14.7 Å². The lowest BCUT2D eigenvalue weighted by Crippen LogP contribution is -2.52. The molecule has 0 aromatic carbocycles. The second-order valence-electron chi connectivity index (χ2n) is 4.72. The lowest BCUT2D eigenvalue weighted by molar-refractivity contribution is -0.145. The van der Waals surface area contributed by atoms with E-state index in [1.165, 1.54) is 0 Å². The molecule has 0 saturated carbocycles. The number of carboxylic acid groups (broad SMARTS) is 1. The second-order valence-corrected chi connectivity index (χ2v) is 4.72. The Bertz CT molecular complexity index is 265. The van der Waals surface area contributed by atoms with Crippen LogP contribution >= 0.6 is 0 Å². The highest BCUT2D eigenvalue weighted by Gasteiger charge is 2.36. The molecule has 0 aliphatic rings. The van der Waals surface area contributed by atoms with Crippen LogP contribution in [0.3, 0.4) is 0 Å². The molecule has 1 amide bonds. The monoisotopic (exact) mass is 244 g/mol. The summed E-state index contributed by atoms with van der Waals surface area (Å²) in [6.07, 6.45) is 1.21. The van der Waals surface area contributed by atoms with Crippen molar-refractivity contribution in [3.8, 4) is 0 Å². The van der Waals surface area contributed by atoms with Gasteiger partial charge in [-0.25, -0.2) is 4.79 Å². The summed E-state index contributed by atoms with van der Waals surface area (Å²) in [5.41, 5.74) is 5.00. The van der Waals surface area contributed by atoms with E-state index >= 15 is 0 Å². The van der Waals surface area contributed by atoms with Gasteiger partial charge in [-0.05, 0) is 18.8 Å². The van der Waals surface area contributed by atoms with Gasteiger partial charge in [0.25, 0.3) is 0 Å². The van der Waals surface area contributed by atoms with E-state index in [1.54, 1.807) is 13.8 Å². The van der Waals surface area contributed by atoms with Crippen molar-refractivity contribution in [1.82, 2.24) is 5.32 Å². The minimum Gasteiger partial charge on any atom is -0.480 e. The van der Waals surface area contributed by atoms with E-state index in [4.69, 9.17) is 10.8 Å².